The highest BCUT2D eigenvalue weighted by atomic mass is 32.1. The number of benzene rings is 2. The van der Waals surface area contributed by atoms with E-state index in [0.717, 1.165) is 30.3 Å². The van der Waals surface area contributed by atoms with Crippen LogP contribution in [-0.4, -0.2) is 21.9 Å². The molecular weight excluding hydrogens is 390 g/mol. The van der Waals surface area contributed by atoms with Crippen LogP contribution in [0.2, 0.25) is 0 Å². The molecule has 0 bridgehead atoms. The number of hydrogen-bond donors (Lipinski definition) is 0. The van der Waals surface area contributed by atoms with Gasteiger partial charge in [0.05, 0.1) is 4.92 Å². The Bertz CT molecular complexity index is 899. The monoisotopic (exact) mass is 401 g/mol. The van der Waals surface area contributed by atoms with Crippen molar-refractivity contribution >= 4 is 28.6 Å². The van der Waals surface area contributed by atoms with Crippen molar-refractivity contribution in [3.63, 3.8) is 0 Å². The fourth-order valence-corrected chi connectivity index (χ4v) is 2.55. The number of Topliss-reactive ketones (excluding diaryl/α,β-unsaturated/α-hetero) is 1. The summed E-state index contributed by atoms with van der Waals surface area (Å²) in [4.78, 5) is 22.0. The standard InChI is InChI=1S/C17H11F4NO4S/c18-14-8-11(4-5-15(14)22(24)25)16(23)9-13(27)7-10-2-1-3-12(6-10)26-17(19,20)21/h1-6,8H,7,9H2. The molecule has 142 valence electrons. The second-order valence-corrected chi connectivity index (χ2v) is 6.01. The quantitative estimate of drug-likeness (QED) is 0.219. The van der Waals surface area contributed by atoms with E-state index >= 15 is 0 Å². The third-order valence-electron chi connectivity index (χ3n) is 3.36. The second kappa shape index (κ2) is 8.21. The SMILES string of the molecule is O=C(CC(=S)Cc1cccc(OC(F)(F)F)c1)c1ccc([N+](=O)[O-])c(F)c1. The van der Waals surface area contributed by atoms with Crippen LogP contribution < -0.4 is 4.74 Å². The summed E-state index contributed by atoms with van der Waals surface area (Å²) < 4.78 is 54.1. The maximum absolute atomic E-state index is 13.6. The number of rotatable bonds is 7. The molecule has 0 aliphatic rings. The zero-order chi connectivity index (χ0) is 20.2. The van der Waals surface area contributed by atoms with Gasteiger partial charge in [0.15, 0.2) is 5.78 Å². The number of hydrogen-bond acceptors (Lipinski definition) is 5. The Morgan fingerprint density at radius 2 is 1.89 bits per heavy atom. The molecule has 0 saturated carbocycles. The average molecular weight is 401 g/mol. The summed E-state index contributed by atoms with van der Waals surface area (Å²) in [5.41, 5.74) is -0.436. The number of halogens is 4. The predicted molar refractivity (Wildman–Crippen MR) is 91.4 cm³/mol. The van der Waals surface area contributed by atoms with Crippen LogP contribution in [0.5, 0.6) is 5.75 Å². The normalized spacial score (nSPS) is 11.1. The second-order valence-electron chi connectivity index (χ2n) is 5.43. The van der Waals surface area contributed by atoms with E-state index in [0.29, 0.717) is 5.56 Å². The molecule has 5 nitrogen and oxygen atoms in total. The van der Waals surface area contributed by atoms with Gasteiger partial charge in [0.25, 0.3) is 0 Å². The number of nitro groups is 1. The summed E-state index contributed by atoms with van der Waals surface area (Å²) in [5, 5.41) is 10.6. The molecule has 0 heterocycles. The summed E-state index contributed by atoms with van der Waals surface area (Å²) in [7, 11) is 0. The Labute approximate surface area is 155 Å². The molecule has 2 rings (SSSR count). The molecule has 0 unspecified atom stereocenters. The van der Waals surface area contributed by atoms with Crippen LogP contribution in [0.4, 0.5) is 23.2 Å². The first-order chi connectivity index (χ1) is 12.5. The minimum atomic E-state index is -4.82. The number of nitrogens with zero attached hydrogens (tertiary/aromatic N) is 1. The molecule has 0 radical (unpaired) electrons. The smallest absolute Gasteiger partial charge is 0.406 e. The minimum absolute atomic E-state index is 0.0333. The van der Waals surface area contributed by atoms with Gasteiger partial charge in [0.2, 0.25) is 5.82 Å². The maximum Gasteiger partial charge on any atom is 0.573 e. The van der Waals surface area contributed by atoms with Crippen LogP contribution in [0.1, 0.15) is 22.3 Å². The fraction of sp³-hybridized carbons (Fsp3) is 0.176. The summed E-state index contributed by atoms with van der Waals surface area (Å²) >= 11 is 5.08. The third-order valence-corrected chi connectivity index (χ3v) is 3.65. The first kappa shape index (κ1) is 20.4. The lowest BCUT2D eigenvalue weighted by Crippen LogP contribution is -2.17. The molecule has 2 aromatic carbocycles. The zero-order valence-electron chi connectivity index (χ0n) is 13.5. The van der Waals surface area contributed by atoms with Gasteiger partial charge in [-0.1, -0.05) is 24.4 Å². The van der Waals surface area contributed by atoms with Gasteiger partial charge in [0.1, 0.15) is 5.75 Å². The topological polar surface area (TPSA) is 69.4 Å². The van der Waals surface area contributed by atoms with Crippen LogP contribution in [0.15, 0.2) is 42.5 Å². The highest BCUT2D eigenvalue weighted by molar-refractivity contribution is 7.80. The largest absolute Gasteiger partial charge is 0.573 e. The number of alkyl halides is 3. The summed E-state index contributed by atoms with van der Waals surface area (Å²) in [6.45, 7) is 0. The minimum Gasteiger partial charge on any atom is -0.406 e. The molecule has 0 N–H and O–H groups in total. The van der Waals surface area contributed by atoms with Gasteiger partial charge in [-0.05, 0) is 29.8 Å². The van der Waals surface area contributed by atoms with Crippen LogP contribution in [0, 0.1) is 15.9 Å². The fourth-order valence-electron chi connectivity index (χ4n) is 2.25. The molecular formula is C17H11F4NO4S. The molecule has 0 aromatic heterocycles. The lowest BCUT2D eigenvalue weighted by atomic mass is 10.0. The van der Waals surface area contributed by atoms with Crippen molar-refractivity contribution in [3.05, 3.63) is 69.5 Å². The summed E-state index contributed by atoms with van der Waals surface area (Å²) in [6.07, 6.45) is -5.06. The van der Waals surface area contributed by atoms with E-state index < -0.39 is 34.3 Å². The van der Waals surface area contributed by atoms with Gasteiger partial charge in [0, 0.05) is 29.3 Å². The van der Waals surface area contributed by atoms with Gasteiger partial charge in [-0.15, -0.1) is 13.2 Å². The van der Waals surface area contributed by atoms with Crippen molar-refractivity contribution in [1.82, 2.24) is 0 Å². The van der Waals surface area contributed by atoms with E-state index in [-0.39, 0.29) is 23.3 Å². The Hall–Kier alpha value is -2.88. The Kier molecular flexibility index (Phi) is 6.21. The number of nitro benzene ring substituents is 1. The Balaban J connectivity index is 2.03. The number of carbonyl (C=O) groups excluding carboxylic acids is 1. The lowest BCUT2D eigenvalue weighted by Gasteiger charge is -2.10. The Morgan fingerprint density at radius 3 is 2.48 bits per heavy atom. The molecule has 0 amide bonds. The first-order valence-electron chi connectivity index (χ1n) is 7.38. The highest BCUT2D eigenvalue weighted by Gasteiger charge is 2.31. The third kappa shape index (κ3) is 6.10. The highest BCUT2D eigenvalue weighted by Crippen LogP contribution is 2.24. The van der Waals surface area contributed by atoms with Gasteiger partial charge >= 0.3 is 12.0 Å². The first-order valence-corrected chi connectivity index (χ1v) is 7.79. The van der Waals surface area contributed by atoms with Crippen LogP contribution in [0.25, 0.3) is 0 Å². The van der Waals surface area contributed by atoms with Crippen LogP contribution in [-0.2, 0) is 6.42 Å². The van der Waals surface area contributed by atoms with Crippen LogP contribution in [0.3, 0.4) is 0 Å². The van der Waals surface area contributed by atoms with E-state index in [9.17, 15) is 32.5 Å². The Morgan fingerprint density at radius 1 is 1.19 bits per heavy atom. The number of carbonyl (C=O) groups is 1. The van der Waals surface area contributed by atoms with Gasteiger partial charge < -0.3 is 4.74 Å². The molecule has 10 heteroatoms. The van der Waals surface area contributed by atoms with Gasteiger partial charge in [-0.3, -0.25) is 14.9 Å². The molecule has 0 aliphatic carbocycles. The molecule has 0 saturated heterocycles. The molecule has 0 spiro atoms. The number of ether oxygens (including phenoxy) is 1. The van der Waals surface area contributed by atoms with Gasteiger partial charge in [-0.2, -0.15) is 4.39 Å². The van der Waals surface area contributed by atoms with Crippen molar-refractivity contribution in [2.45, 2.75) is 19.2 Å². The van der Waals surface area contributed by atoms with E-state index in [2.05, 4.69) is 4.74 Å². The molecule has 0 aliphatic heterocycles. The zero-order valence-corrected chi connectivity index (χ0v) is 14.3. The molecule has 2 aromatic rings. The van der Waals surface area contributed by atoms with E-state index in [1.165, 1.54) is 12.1 Å². The van der Waals surface area contributed by atoms with Crippen molar-refractivity contribution in [3.8, 4) is 5.75 Å². The van der Waals surface area contributed by atoms with Gasteiger partial charge in [-0.25, -0.2) is 0 Å². The number of thiocarbonyl (C=S) groups is 1. The summed E-state index contributed by atoms with van der Waals surface area (Å²) in [5.74, 6) is -2.11. The maximum atomic E-state index is 13.6. The number of ketones is 1. The molecule has 0 atom stereocenters. The predicted octanol–water partition coefficient (Wildman–Crippen LogP) is 4.82. The van der Waals surface area contributed by atoms with Crippen molar-refractivity contribution in [2.24, 2.45) is 0 Å². The van der Waals surface area contributed by atoms with Crippen molar-refractivity contribution < 1.29 is 32.0 Å². The van der Waals surface area contributed by atoms with E-state index in [4.69, 9.17) is 12.2 Å². The molecule has 0 fully saturated rings. The van der Waals surface area contributed by atoms with Crippen molar-refractivity contribution in [1.29, 1.82) is 0 Å². The molecule has 27 heavy (non-hydrogen) atoms. The average Bonchev–Trinajstić information content (AvgIpc) is 2.52. The van der Waals surface area contributed by atoms with Crippen LogP contribution >= 0.6 is 12.2 Å². The van der Waals surface area contributed by atoms with E-state index in [1.54, 1.807) is 0 Å². The van der Waals surface area contributed by atoms with Crippen molar-refractivity contribution in [2.75, 3.05) is 0 Å². The summed E-state index contributed by atoms with van der Waals surface area (Å²) in [6, 6.07) is 7.90. The van der Waals surface area contributed by atoms with E-state index in [1.807, 2.05) is 0 Å². The lowest BCUT2D eigenvalue weighted by molar-refractivity contribution is -0.387.